The molecule has 0 amide bonds. The lowest BCUT2D eigenvalue weighted by molar-refractivity contribution is -0.138. The molecule has 28 heavy (non-hydrogen) atoms. The minimum Gasteiger partial charge on any atom is -0.431 e. The average Bonchev–Trinajstić information content (AvgIpc) is 2.68. The number of allylic oxidation sites excluding steroid dienone is 1. The number of hydrogen-bond donors (Lipinski definition) is 0. The topological polar surface area (TPSA) is 26.3 Å². The summed E-state index contributed by atoms with van der Waals surface area (Å²) in [5.41, 5.74) is 3.67. The summed E-state index contributed by atoms with van der Waals surface area (Å²) in [6.45, 7) is 0. The van der Waals surface area contributed by atoms with Gasteiger partial charge < -0.3 is 4.74 Å². The molecular weight excluding hydrogens is 344 g/mol. The zero-order chi connectivity index (χ0) is 19.2. The SMILES string of the molecule is O=C(Cc1ccccc1)OC1=Cc2ccccc2C(C2CCCCCCC2)C1. The van der Waals surface area contributed by atoms with Gasteiger partial charge in [0, 0.05) is 6.42 Å². The number of ether oxygens (including phenoxy) is 1. The minimum atomic E-state index is -0.159. The maximum absolute atomic E-state index is 12.5. The molecule has 0 spiro atoms. The Morgan fingerprint density at radius 1 is 0.857 bits per heavy atom. The van der Waals surface area contributed by atoms with Crippen molar-refractivity contribution in [2.24, 2.45) is 5.92 Å². The van der Waals surface area contributed by atoms with Crippen molar-refractivity contribution in [1.29, 1.82) is 0 Å². The van der Waals surface area contributed by atoms with Crippen LogP contribution in [-0.2, 0) is 16.0 Å². The van der Waals surface area contributed by atoms with Gasteiger partial charge in [-0.05, 0) is 47.4 Å². The van der Waals surface area contributed by atoms with E-state index in [9.17, 15) is 4.79 Å². The Kier molecular flexibility index (Phi) is 6.26. The standard InChI is InChI=1S/C26H30O2/c27-26(17-20-11-5-4-6-12-20)28-23-18-22-15-9-10-16-24(22)25(19-23)21-13-7-2-1-3-8-14-21/h4-6,9-12,15-16,18,21,25H,1-3,7-8,13-14,17,19H2. The number of fused-ring (bicyclic) bond motifs is 1. The minimum absolute atomic E-state index is 0.159. The van der Waals surface area contributed by atoms with E-state index in [0.29, 0.717) is 18.3 Å². The van der Waals surface area contributed by atoms with Crippen molar-refractivity contribution >= 4 is 12.0 Å². The molecule has 4 rings (SSSR count). The van der Waals surface area contributed by atoms with Crippen molar-refractivity contribution in [3.63, 3.8) is 0 Å². The number of carbonyl (C=O) groups is 1. The molecule has 1 fully saturated rings. The summed E-state index contributed by atoms with van der Waals surface area (Å²) in [6, 6.07) is 18.5. The van der Waals surface area contributed by atoms with Crippen molar-refractivity contribution in [3.8, 4) is 0 Å². The third-order valence-corrected chi connectivity index (χ3v) is 6.29. The highest BCUT2D eigenvalue weighted by molar-refractivity contribution is 5.75. The molecule has 1 unspecified atom stereocenters. The first kappa shape index (κ1) is 19.0. The zero-order valence-electron chi connectivity index (χ0n) is 16.6. The highest BCUT2D eigenvalue weighted by Crippen LogP contribution is 2.43. The van der Waals surface area contributed by atoms with Crippen LogP contribution in [0.3, 0.4) is 0 Å². The molecule has 2 heteroatoms. The molecule has 0 heterocycles. The Hall–Kier alpha value is -2.35. The highest BCUT2D eigenvalue weighted by atomic mass is 16.5. The average molecular weight is 375 g/mol. The first-order valence-corrected chi connectivity index (χ1v) is 10.8. The molecule has 0 radical (unpaired) electrons. The van der Waals surface area contributed by atoms with Crippen molar-refractivity contribution in [2.45, 2.75) is 63.7 Å². The molecule has 1 atom stereocenters. The normalized spacial score (nSPS) is 20.4. The first-order chi connectivity index (χ1) is 13.8. The molecule has 2 aromatic rings. The van der Waals surface area contributed by atoms with Crippen LogP contribution in [0.4, 0.5) is 0 Å². The summed E-state index contributed by atoms with van der Waals surface area (Å²) >= 11 is 0. The van der Waals surface area contributed by atoms with E-state index in [4.69, 9.17) is 4.74 Å². The lowest BCUT2D eigenvalue weighted by atomic mass is 9.73. The van der Waals surface area contributed by atoms with Crippen LogP contribution in [0.2, 0.25) is 0 Å². The van der Waals surface area contributed by atoms with Gasteiger partial charge in [0.25, 0.3) is 0 Å². The molecule has 0 N–H and O–H groups in total. The first-order valence-electron chi connectivity index (χ1n) is 10.8. The second-order valence-corrected chi connectivity index (χ2v) is 8.29. The van der Waals surface area contributed by atoms with Gasteiger partial charge >= 0.3 is 5.97 Å². The fourth-order valence-electron chi connectivity index (χ4n) is 4.87. The predicted molar refractivity (Wildman–Crippen MR) is 114 cm³/mol. The van der Waals surface area contributed by atoms with Crippen LogP contribution in [0.25, 0.3) is 6.08 Å². The lowest BCUT2D eigenvalue weighted by Crippen LogP contribution is -2.20. The van der Waals surface area contributed by atoms with E-state index in [-0.39, 0.29) is 5.97 Å². The highest BCUT2D eigenvalue weighted by Gasteiger charge is 2.30. The molecule has 0 aromatic heterocycles. The van der Waals surface area contributed by atoms with Crippen LogP contribution in [-0.4, -0.2) is 5.97 Å². The molecule has 2 aliphatic carbocycles. The van der Waals surface area contributed by atoms with Gasteiger partial charge in [-0.25, -0.2) is 0 Å². The third-order valence-electron chi connectivity index (χ3n) is 6.29. The number of carbonyl (C=O) groups excluding carboxylic acids is 1. The van der Waals surface area contributed by atoms with Crippen molar-refractivity contribution in [1.82, 2.24) is 0 Å². The number of benzene rings is 2. The van der Waals surface area contributed by atoms with Gasteiger partial charge in [0.15, 0.2) is 0 Å². The van der Waals surface area contributed by atoms with E-state index in [1.165, 1.54) is 56.1 Å². The van der Waals surface area contributed by atoms with Gasteiger partial charge in [0.05, 0.1) is 6.42 Å². The van der Waals surface area contributed by atoms with Crippen LogP contribution >= 0.6 is 0 Å². The predicted octanol–water partition coefficient (Wildman–Crippen LogP) is 6.66. The molecule has 0 saturated heterocycles. The van der Waals surface area contributed by atoms with Crippen LogP contribution in [0, 0.1) is 5.92 Å². The molecule has 2 nitrogen and oxygen atoms in total. The molecular formula is C26H30O2. The fourth-order valence-corrected chi connectivity index (χ4v) is 4.87. The van der Waals surface area contributed by atoms with E-state index >= 15 is 0 Å². The van der Waals surface area contributed by atoms with Crippen LogP contribution in [0.1, 0.15) is 74.0 Å². The number of rotatable bonds is 4. The Balaban J connectivity index is 1.50. The summed E-state index contributed by atoms with van der Waals surface area (Å²) in [7, 11) is 0. The molecule has 2 aliphatic rings. The van der Waals surface area contributed by atoms with Crippen molar-refractivity contribution in [2.75, 3.05) is 0 Å². The van der Waals surface area contributed by atoms with Gasteiger partial charge in [0.1, 0.15) is 5.76 Å². The summed E-state index contributed by atoms with van der Waals surface area (Å²) in [4.78, 5) is 12.5. The van der Waals surface area contributed by atoms with Crippen molar-refractivity contribution < 1.29 is 9.53 Å². The van der Waals surface area contributed by atoms with E-state index in [1.807, 2.05) is 30.3 Å². The fraction of sp³-hybridized carbons (Fsp3) is 0.423. The second-order valence-electron chi connectivity index (χ2n) is 8.29. The van der Waals surface area contributed by atoms with E-state index in [1.54, 1.807) is 0 Å². The second kappa shape index (κ2) is 9.23. The maximum atomic E-state index is 12.5. The summed E-state index contributed by atoms with van der Waals surface area (Å²) < 4.78 is 5.85. The molecule has 1 saturated carbocycles. The van der Waals surface area contributed by atoms with E-state index in [2.05, 4.69) is 30.3 Å². The quantitative estimate of drug-likeness (QED) is 0.559. The molecule has 146 valence electrons. The maximum Gasteiger partial charge on any atom is 0.315 e. The van der Waals surface area contributed by atoms with Crippen LogP contribution < -0.4 is 0 Å². The largest absolute Gasteiger partial charge is 0.431 e. The lowest BCUT2D eigenvalue weighted by Gasteiger charge is -2.33. The summed E-state index contributed by atoms with van der Waals surface area (Å²) in [5, 5.41) is 0. The van der Waals surface area contributed by atoms with E-state index in [0.717, 1.165) is 17.7 Å². The van der Waals surface area contributed by atoms with Crippen molar-refractivity contribution in [3.05, 3.63) is 77.0 Å². The Morgan fingerprint density at radius 2 is 1.54 bits per heavy atom. The smallest absolute Gasteiger partial charge is 0.315 e. The van der Waals surface area contributed by atoms with Gasteiger partial charge in [-0.2, -0.15) is 0 Å². The monoisotopic (exact) mass is 374 g/mol. The van der Waals surface area contributed by atoms with Gasteiger partial charge in [-0.15, -0.1) is 0 Å². The third kappa shape index (κ3) is 4.73. The van der Waals surface area contributed by atoms with Crippen LogP contribution in [0.5, 0.6) is 0 Å². The molecule has 0 bridgehead atoms. The summed E-state index contributed by atoms with van der Waals surface area (Å²) in [5.74, 6) is 1.84. The van der Waals surface area contributed by atoms with Gasteiger partial charge in [-0.3, -0.25) is 4.79 Å². The van der Waals surface area contributed by atoms with Crippen LogP contribution in [0.15, 0.2) is 60.4 Å². The van der Waals surface area contributed by atoms with E-state index < -0.39 is 0 Å². The zero-order valence-corrected chi connectivity index (χ0v) is 16.6. The number of esters is 1. The van der Waals surface area contributed by atoms with Gasteiger partial charge in [0.2, 0.25) is 0 Å². The van der Waals surface area contributed by atoms with Gasteiger partial charge in [-0.1, -0.05) is 86.7 Å². The Morgan fingerprint density at radius 3 is 2.32 bits per heavy atom. The number of hydrogen-bond acceptors (Lipinski definition) is 2. The Bertz CT molecular complexity index is 813. The summed E-state index contributed by atoms with van der Waals surface area (Å²) in [6.07, 6.45) is 12.6. The Labute approximate surface area is 168 Å². The molecule has 2 aromatic carbocycles. The molecule has 0 aliphatic heterocycles.